The quantitative estimate of drug-likeness (QED) is 0.649. The molecule has 0 atom stereocenters. The molecule has 1 aliphatic heterocycles. The van der Waals surface area contributed by atoms with Gasteiger partial charge in [0.25, 0.3) is 5.91 Å². The zero-order valence-electron chi connectivity index (χ0n) is 16.5. The van der Waals surface area contributed by atoms with Crippen LogP contribution in [0.1, 0.15) is 12.5 Å². The van der Waals surface area contributed by atoms with Crippen molar-refractivity contribution in [2.24, 2.45) is 0 Å². The monoisotopic (exact) mass is 416 g/mol. The minimum atomic E-state index is -0.560. The number of nitrogens with zero attached hydrogens (tertiary/aromatic N) is 2. The number of carbonyl (C=O) groups is 2. The van der Waals surface area contributed by atoms with Crippen molar-refractivity contribution in [1.29, 1.82) is 0 Å². The van der Waals surface area contributed by atoms with E-state index in [0.29, 0.717) is 37.0 Å². The Morgan fingerprint density at radius 2 is 1.72 bits per heavy atom. The van der Waals surface area contributed by atoms with E-state index in [9.17, 15) is 9.59 Å². The molecule has 1 heterocycles. The van der Waals surface area contributed by atoms with Crippen LogP contribution in [0.3, 0.4) is 0 Å². The van der Waals surface area contributed by atoms with Crippen LogP contribution in [-0.4, -0.2) is 56.2 Å². The van der Waals surface area contributed by atoms with Crippen molar-refractivity contribution in [2.45, 2.75) is 13.3 Å². The van der Waals surface area contributed by atoms with Crippen LogP contribution in [0.2, 0.25) is 5.02 Å². The average molecular weight is 417 g/mol. The number of amides is 1. The summed E-state index contributed by atoms with van der Waals surface area (Å²) >= 11 is 6.04. The highest BCUT2D eigenvalue weighted by Gasteiger charge is 2.22. The maximum atomic E-state index is 12.3. The fourth-order valence-electron chi connectivity index (χ4n) is 3.13. The lowest BCUT2D eigenvalue weighted by atomic mass is 10.2. The Morgan fingerprint density at radius 3 is 2.38 bits per heavy atom. The number of benzene rings is 2. The first-order chi connectivity index (χ1) is 14.0. The average Bonchev–Trinajstić information content (AvgIpc) is 2.76. The van der Waals surface area contributed by atoms with Crippen molar-refractivity contribution in [3.8, 4) is 5.75 Å². The molecule has 154 valence electrons. The van der Waals surface area contributed by atoms with Crippen molar-refractivity contribution < 1.29 is 19.1 Å². The van der Waals surface area contributed by atoms with Crippen LogP contribution in [0.4, 0.5) is 5.69 Å². The fraction of sp³-hybridized carbons (Fsp3) is 0.364. The second-order valence-electron chi connectivity index (χ2n) is 6.79. The van der Waals surface area contributed by atoms with Gasteiger partial charge in [-0.1, -0.05) is 36.7 Å². The molecule has 0 aromatic heterocycles. The fourth-order valence-corrected chi connectivity index (χ4v) is 3.31. The number of hydrogen-bond donors (Lipinski definition) is 0. The molecule has 0 radical (unpaired) electrons. The van der Waals surface area contributed by atoms with Crippen molar-refractivity contribution in [2.75, 3.05) is 44.3 Å². The third-order valence-corrected chi connectivity index (χ3v) is 5.09. The van der Waals surface area contributed by atoms with E-state index in [1.807, 2.05) is 48.5 Å². The summed E-state index contributed by atoms with van der Waals surface area (Å²) in [6.07, 6.45) is 0.942. The van der Waals surface area contributed by atoms with E-state index in [1.165, 1.54) is 5.56 Å². The second-order valence-corrected chi connectivity index (χ2v) is 7.23. The third-order valence-electron chi connectivity index (χ3n) is 4.85. The Balaban J connectivity index is 1.37. The van der Waals surface area contributed by atoms with Gasteiger partial charge in [-0.15, -0.1) is 0 Å². The molecule has 1 saturated heterocycles. The Bertz CT molecular complexity index is 833. The first kappa shape index (κ1) is 21.0. The van der Waals surface area contributed by atoms with Crippen molar-refractivity contribution >= 4 is 29.2 Å². The molecule has 0 aliphatic carbocycles. The number of piperazine rings is 1. The standard InChI is InChI=1S/C22H25ClN2O4/c1-2-17-6-8-20(9-7-17)28-16-22(27)29-15-21(26)25-12-10-24(11-13-25)19-5-3-4-18(23)14-19/h3-9,14H,2,10-13,15-16H2,1H3. The van der Waals surface area contributed by atoms with Crippen LogP contribution < -0.4 is 9.64 Å². The van der Waals surface area contributed by atoms with Gasteiger partial charge in [-0.05, 0) is 42.3 Å². The molecule has 0 N–H and O–H groups in total. The van der Waals surface area contributed by atoms with Gasteiger partial charge in [-0.2, -0.15) is 0 Å². The van der Waals surface area contributed by atoms with Crippen LogP contribution in [0.5, 0.6) is 5.75 Å². The van der Waals surface area contributed by atoms with E-state index in [0.717, 1.165) is 12.1 Å². The molecule has 0 saturated carbocycles. The lowest BCUT2D eigenvalue weighted by Crippen LogP contribution is -2.50. The summed E-state index contributed by atoms with van der Waals surface area (Å²) in [6, 6.07) is 15.2. The lowest BCUT2D eigenvalue weighted by Gasteiger charge is -2.36. The maximum Gasteiger partial charge on any atom is 0.344 e. The van der Waals surface area contributed by atoms with E-state index in [-0.39, 0.29) is 19.1 Å². The van der Waals surface area contributed by atoms with Crippen molar-refractivity contribution in [3.05, 3.63) is 59.1 Å². The molecule has 0 bridgehead atoms. The van der Waals surface area contributed by atoms with Gasteiger partial charge in [0.05, 0.1) is 0 Å². The summed E-state index contributed by atoms with van der Waals surface area (Å²) in [5.74, 6) is -0.158. The highest BCUT2D eigenvalue weighted by molar-refractivity contribution is 6.30. The smallest absolute Gasteiger partial charge is 0.344 e. The molecular weight excluding hydrogens is 392 g/mol. The topological polar surface area (TPSA) is 59.1 Å². The normalized spacial score (nSPS) is 13.9. The molecule has 2 aromatic rings. The molecule has 0 unspecified atom stereocenters. The molecule has 1 amide bonds. The molecule has 2 aromatic carbocycles. The molecule has 1 fully saturated rings. The Morgan fingerprint density at radius 1 is 1.00 bits per heavy atom. The zero-order chi connectivity index (χ0) is 20.6. The lowest BCUT2D eigenvalue weighted by molar-refractivity contribution is -0.153. The van der Waals surface area contributed by atoms with Crippen LogP contribution in [0.15, 0.2) is 48.5 Å². The summed E-state index contributed by atoms with van der Waals surface area (Å²) in [4.78, 5) is 28.1. The maximum absolute atomic E-state index is 12.3. The number of aryl methyl sites for hydroxylation is 1. The van der Waals surface area contributed by atoms with E-state index in [4.69, 9.17) is 21.1 Å². The second kappa shape index (κ2) is 10.2. The highest BCUT2D eigenvalue weighted by atomic mass is 35.5. The Labute approximate surface area is 176 Å². The van der Waals surface area contributed by atoms with Gasteiger partial charge in [0.2, 0.25) is 0 Å². The molecule has 7 heteroatoms. The van der Waals surface area contributed by atoms with E-state index in [2.05, 4.69) is 11.8 Å². The zero-order valence-corrected chi connectivity index (χ0v) is 17.2. The molecule has 29 heavy (non-hydrogen) atoms. The largest absolute Gasteiger partial charge is 0.482 e. The third kappa shape index (κ3) is 6.12. The number of halogens is 1. The number of ether oxygens (including phenoxy) is 2. The minimum Gasteiger partial charge on any atom is -0.482 e. The van der Waals surface area contributed by atoms with Crippen molar-refractivity contribution in [3.63, 3.8) is 0 Å². The number of hydrogen-bond acceptors (Lipinski definition) is 5. The van der Waals surface area contributed by atoms with Gasteiger partial charge in [-0.3, -0.25) is 4.79 Å². The van der Waals surface area contributed by atoms with Crippen LogP contribution in [-0.2, 0) is 20.7 Å². The number of esters is 1. The number of rotatable bonds is 7. The number of carbonyl (C=O) groups excluding carboxylic acids is 2. The Hall–Kier alpha value is -2.73. The van der Waals surface area contributed by atoms with E-state index < -0.39 is 5.97 Å². The van der Waals surface area contributed by atoms with Gasteiger partial charge in [0.15, 0.2) is 13.2 Å². The van der Waals surface area contributed by atoms with Crippen LogP contribution in [0.25, 0.3) is 0 Å². The summed E-state index contributed by atoms with van der Waals surface area (Å²) in [7, 11) is 0. The highest BCUT2D eigenvalue weighted by Crippen LogP contribution is 2.20. The van der Waals surface area contributed by atoms with Gasteiger partial charge in [0.1, 0.15) is 5.75 Å². The van der Waals surface area contributed by atoms with Gasteiger partial charge >= 0.3 is 5.97 Å². The van der Waals surface area contributed by atoms with Crippen LogP contribution >= 0.6 is 11.6 Å². The van der Waals surface area contributed by atoms with Crippen LogP contribution in [0, 0.1) is 0 Å². The predicted octanol–water partition coefficient (Wildman–Crippen LogP) is 3.17. The summed E-state index contributed by atoms with van der Waals surface area (Å²) in [5, 5.41) is 0.691. The molecule has 1 aliphatic rings. The first-order valence-corrected chi connectivity index (χ1v) is 10.1. The van der Waals surface area contributed by atoms with Gasteiger partial charge < -0.3 is 19.3 Å². The molecular formula is C22H25ClN2O4. The first-order valence-electron chi connectivity index (χ1n) is 9.71. The van der Waals surface area contributed by atoms with Crippen molar-refractivity contribution in [1.82, 2.24) is 4.90 Å². The Kier molecular flexibility index (Phi) is 7.36. The van der Waals surface area contributed by atoms with Gasteiger partial charge in [-0.25, -0.2) is 4.79 Å². The predicted molar refractivity (Wildman–Crippen MR) is 113 cm³/mol. The summed E-state index contributed by atoms with van der Waals surface area (Å²) in [5.41, 5.74) is 2.24. The molecule has 6 nitrogen and oxygen atoms in total. The number of anilines is 1. The minimum absolute atomic E-state index is 0.198. The summed E-state index contributed by atoms with van der Waals surface area (Å²) in [6.45, 7) is 4.14. The van der Waals surface area contributed by atoms with E-state index in [1.54, 1.807) is 4.90 Å². The molecule has 3 rings (SSSR count). The molecule has 0 spiro atoms. The summed E-state index contributed by atoms with van der Waals surface area (Å²) < 4.78 is 10.5. The SMILES string of the molecule is CCc1ccc(OCC(=O)OCC(=O)N2CCN(c3cccc(Cl)c3)CC2)cc1. The van der Waals surface area contributed by atoms with E-state index >= 15 is 0 Å². The van der Waals surface area contributed by atoms with Gasteiger partial charge in [0, 0.05) is 36.9 Å².